The maximum absolute atomic E-state index is 9.48. The predicted molar refractivity (Wildman–Crippen MR) is 111 cm³/mol. The molecule has 1 unspecified atom stereocenters. The maximum atomic E-state index is 9.48. The highest BCUT2D eigenvalue weighted by Crippen LogP contribution is 2.28. The number of aromatic hydroxyl groups is 1. The third-order valence-electron chi connectivity index (χ3n) is 5.16. The van der Waals surface area contributed by atoms with Crippen molar-refractivity contribution in [1.82, 2.24) is 4.90 Å². The van der Waals surface area contributed by atoms with Crippen LogP contribution < -0.4 is 0 Å². The average molecular weight is 397 g/mol. The van der Waals surface area contributed by atoms with Gasteiger partial charge in [-0.2, -0.15) is 0 Å². The molecule has 6 heteroatoms. The molecular weight excluding hydrogens is 370 g/mol. The van der Waals surface area contributed by atoms with Crippen LogP contribution in [0.3, 0.4) is 0 Å². The summed E-state index contributed by atoms with van der Waals surface area (Å²) in [5.74, 6) is -3.31. The first-order valence-corrected chi connectivity index (χ1v) is 9.46. The van der Waals surface area contributed by atoms with Crippen LogP contribution in [0.25, 0.3) is 0 Å². The Labute approximate surface area is 170 Å². The highest BCUT2D eigenvalue weighted by Gasteiger charge is 2.25. The van der Waals surface area contributed by atoms with Crippen LogP contribution in [-0.4, -0.2) is 44.7 Å². The van der Waals surface area contributed by atoms with Crippen LogP contribution in [0.4, 0.5) is 0 Å². The van der Waals surface area contributed by atoms with E-state index in [1.165, 1.54) is 22.3 Å². The molecule has 0 fully saturated rings. The van der Waals surface area contributed by atoms with Crippen molar-refractivity contribution in [2.75, 3.05) is 6.54 Å². The Morgan fingerprint density at radius 1 is 0.931 bits per heavy atom. The van der Waals surface area contributed by atoms with Gasteiger partial charge in [-0.05, 0) is 49.9 Å². The van der Waals surface area contributed by atoms with Gasteiger partial charge in [0.25, 0.3) is 0 Å². The molecule has 3 rings (SSSR count). The predicted octanol–water partition coefficient (Wildman–Crippen LogP) is 3.70. The van der Waals surface area contributed by atoms with Crippen molar-refractivity contribution in [2.24, 2.45) is 0 Å². The first-order chi connectivity index (χ1) is 13.8. The van der Waals surface area contributed by atoms with Gasteiger partial charge in [0.15, 0.2) is 0 Å². The number of phenolic OH excluding ortho intramolecular Hbond substituents is 1. The molecule has 154 valence electrons. The Bertz CT molecular complexity index is 847. The molecule has 0 bridgehead atoms. The normalized spacial score (nSPS) is 16.7. The van der Waals surface area contributed by atoms with E-state index in [-0.39, 0.29) is 0 Å². The smallest absolute Gasteiger partial charge is 0.414 e. The van der Waals surface area contributed by atoms with Crippen LogP contribution in [0.2, 0.25) is 0 Å². The third-order valence-corrected chi connectivity index (χ3v) is 5.16. The Kier molecular flexibility index (Phi) is 7.98. The molecule has 3 N–H and O–H groups in total. The lowest BCUT2D eigenvalue weighted by Gasteiger charge is -2.37. The lowest BCUT2D eigenvalue weighted by atomic mass is 9.90. The Morgan fingerprint density at radius 3 is 2.07 bits per heavy atom. The molecule has 1 atom stereocenters. The summed E-state index contributed by atoms with van der Waals surface area (Å²) >= 11 is 0. The number of carboxylic acids is 2. The molecule has 0 aromatic heterocycles. The molecular formula is C23H27NO5. The van der Waals surface area contributed by atoms with E-state index in [1.54, 1.807) is 12.1 Å². The average Bonchev–Trinajstić information content (AvgIpc) is 2.70. The van der Waals surface area contributed by atoms with Gasteiger partial charge in [0.1, 0.15) is 5.75 Å². The molecule has 0 spiro atoms. The second kappa shape index (κ2) is 10.4. The Balaban J connectivity index is 0.000000438. The van der Waals surface area contributed by atoms with Crippen molar-refractivity contribution in [3.63, 3.8) is 0 Å². The summed E-state index contributed by atoms with van der Waals surface area (Å²) in [6, 6.07) is 18.8. The van der Waals surface area contributed by atoms with Crippen molar-refractivity contribution in [2.45, 2.75) is 39.3 Å². The molecule has 0 radical (unpaired) electrons. The third kappa shape index (κ3) is 6.76. The molecule has 2 aromatic rings. The standard InChI is InChI=1S/C21H25NO.C2H2O4/c1-16-12-13-22(15-19-6-4-3-5-7-19)21(17(16)2)14-18-8-10-20(23)11-9-18;3-1(4)2(5)6/h3-11,21,23H,12-15H2,1-2H3;(H,3,4)(H,5,6). The first-order valence-electron chi connectivity index (χ1n) is 9.46. The zero-order valence-corrected chi connectivity index (χ0v) is 16.7. The molecule has 6 nitrogen and oxygen atoms in total. The van der Waals surface area contributed by atoms with Crippen LogP contribution in [0.15, 0.2) is 65.7 Å². The SMILES string of the molecule is CC1=C(C)C(Cc2ccc(O)cc2)N(Cc2ccccc2)CC1.O=C(O)C(=O)O. The zero-order chi connectivity index (χ0) is 21.4. The molecule has 1 heterocycles. The Hall–Kier alpha value is -3.12. The van der Waals surface area contributed by atoms with Gasteiger partial charge in [0.2, 0.25) is 0 Å². The van der Waals surface area contributed by atoms with Gasteiger partial charge in [-0.25, -0.2) is 9.59 Å². The Morgan fingerprint density at radius 2 is 1.52 bits per heavy atom. The molecule has 0 saturated heterocycles. The number of hydrogen-bond donors (Lipinski definition) is 3. The van der Waals surface area contributed by atoms with Crippen molar-refractivity contribution in [3.05, 3.63) is 76.9 Å². The van der Waals surface area contributed by atoms with E-state index in [1.807, 2.05) is 12.1 Å². The fourth-order valence-electron chi connectivity index (χ4n) is 3.37. The lowest BCUT2D eigenvalue weighted by Crippen LogP contribution is -2.41. The van der Waals surface area contributed by atoms with Gasteiger partial charge in [0, 0.05) is 19.1 Å². The van der Waals surface area contributed by atoms with Gasteiger partial charge in [-0.3, -0.25) is 4.90 Å². The zero-order valence-electron chi connectivity index (χ0n) is 16.7. The minimum atomic E-state index is -1.82. The van der Waals surface area contributed by atoms with Crippen molar-refractivity contribution in [1.29, 1.82) is 0 Å². The van der Waals surface area contributed by atoms with Gasteiger partial charge in [0.05, 0.1) is 0 Å². The quantitative estimate of drug-likeness (QED) is 0.538. The van der Waals surface area contributed by atoms with E-state index in [2.05, 4.69) is 49.1 Å². The minimum absolute atomic E-state index is 0.335. The van der Waals surface area contributed by atoms with E-state index in [0.717, 1.165) is 25.9 Å². The van der Waals surface area contributed by atoms with Crippen LogP contribution in [-0.2, 0) is 22.6 Å². The fourth-order valence-corrected chi connectivity index (χ4v) is 3.37. The topological polar surface area (TPSA) is 98.1 Å². The lowest BCUT2D eigenvalue weighted by molar-refractivity contribution is -0.159. The fraction of sp³-hybridized carbons (Fsp3) is 0.304. The first kappa shape index (κ1) is 22.2. The van der Waals surface area contributed by atoms with Gasteiger partial charge >= 0.3 is 11.9 Å². The molecule has 0 aliphatic carbocycles. The van der Waals surface area contributed by atoms with Gasteiger partial charge < -0.3 is 15.3 Å². The van der Waals surface area contributed by atoms with E-state index < -0.39 is 11.9 Å². The number of benzene rings is 2. The van der Waals surface area contributed by atoms with Crippen LogP contribution >= 0.6 is 0 Å². The molecule has 1 aliphatic heterocycles. The monoisotopic (exact) mass is 397 g/mol. The highest BCUT2D eigenvalue weighted by molar-refractivity contribution is 6.27. The number of aliphatic carboxylic acids is 2. The second-order valence-electron chi connectivity index (χ2n) is 7.17. The van der Waals surface area contributed by atoms with E-state index in [0.29, 0.717) is 11.8 Å². The number of hydrogen-bond acceptors (Lipinski definition) is 4. The van der Waals surface area contributed by atoms with Crippen LogP contribution in [0.1, 0.15) is 31.4 Å². The molecule has 0 amide bonds. The molecule has 0 saturated carbocycles. The largest absolute Gasteiger partial charge is 0.508 e. The maximum Gasteiger partial charge on any atom is 0.414 e. The van der Waals surface area contributed by atoms with Crippen molar-refractivity contribution in [3.8, 4) is 5.75 Å². The summed E-state index contributed by atoms with van der Waals surface area (Å²) in [7, 11) is 0. The summed E-state index contributed by atoms with van der Waals surface area (Å²) < 4.78 is 0. The van der Waals surface area contributed by atoms with E-state index in [9.17, 15) is 5.11 Å². The molecule has 1 aliphatic rings. The summed E-state index contributed by atoms with van der Waals surface area (Å²) in [6.07, 6.45) is 2.15. The number of nitrogens with zero attached hydrogens (tertiary/aromatic N) is 1. The number of rotatable bonds is 4. The minimum Gasteiger partial charge on any atom is -0.508 e. The number of carboxylic acid groups (broad SMARTS) is 2. The van der Waals surface area contributed by atoms with Crippen LogP contribution in [0.5, 0.6) is 5.75 Å². The van der Waals surface area contributed by atoms with Crippen molar-refractivity contribution < 1.29 is 24.9 Å². The number of phenols is 1. The van der Waals surface area contributed by atoms with E-state index in [4.69, 9.17) is 19.8 Å². The summed E-state index contributed by atoms with van der Waals surface area (Å²) in [5.41, 5.74) is 5.67. The second-order valence-corrected chi connectivity index (χ2v) is 7.17. The molecule has 29 heavy (non-hydrogen) atoms. The van der Waals surface area contributed by atoms with E-state index >= 15 is 0 Å². The summed E-state index contributed by atoms with van der Waals surface area (Å²) in [4.78, 5) is 20.8. The van der Waals surface area contributed by atoms with Gasteiger partial charge in [-0.1, -0.05) is 53.6 Å². The summed E-state index contributed by atoms with van der Waals surface area (Å²) in [6.45, 7) is 6.64. The number of carbonyl (C=O) groups is 2. The van der Waals surface area contributed by atoms with Crippen LogP contribution in [0, 0.1) is 0 Å². The highest BCUT2D eigenvalue weighted by atomic mass is 16.4. The summed E-state index contributed by atoms with van der Waals surface area (Å²) in [5, 5.41) is 24.3. The van der Waals surface area contributed by atoms with Crippen molar-refractivity contribution >= 4 is 11.9 Å². The van der Waals surface area contributed by atoms with Gasteiger partial charge in [-0.15, -0.1) is 0 Å². The molecule has 2 aromatic carbocycles.